The van der Waals surface area contributed by atoms with E-state index in [9.17, 15) is 4.79 Å². The number of ether oxygens (including phenoxy) is 1. The van der Waals surface area contributed by atoms with Gasteiger partial charge in [0.05, 0.1) is 6.61 Å². The van der Waals surface area contributed by atoms with Gasteiger partial charge in [-0.25, -0.2) is 9.48 Å². The first kappa shape index (κ1) is 19.5. The largest absolute Gasteiger partial charge is 0.494 e. The van der Waals surface area contributed by atoms with Crippen molar-refractivity contribution in [3.8, 4) is 5.75 Å². The molecule has 3 N–H and O–H groups in total. The fourth-order valence-corrected chi connectivity index (χ4v) is 2.32. The molecule has 0 aliphatic rings. The highest BCUT2D eigenvalue weighted by atomic mass is 16.5. The molecule has 1 aromatic heterocycles. The molecule has 0 spiro atoms. The van der Waals surface area contributed by atoms with Crippen LogP contribution in [0.3, 0.4) is 0 Å². The molecule has 2 aromatic rings. The number of aryl methyl sites for hydroxylation is 1. The number of carbonyl (C=O) groups is 1. The summed E-state index contributed by atoms with van der Waals surface area (Å²) in [4.78, 5) is 17.6. The standard InChI is InChI=1S/C17H27N7O2/c1-18-17(25)21-15-20-16(24(4)22-15)19-9-6-10-26-14-8-5-7-13(11-14)12-23(2)3/h5,7-8,11H,6,9-10,12H2,1-4H3,(H3,18,19,20,21,22,25). The fraction of sp³-hybridized carbons (Fsp3) is 0.471. The van der Waals surface area contributed by atoms with Crippen molar-refractivity contribution in [2.75, 3.05) is 44.9 Å². The van der Waals surface area contributed by atoms with Gasteiger partial charge < -0.3 is 20.3 Å². The van der Waals surface area contributed by atoms with Gasteiger partial charge in [-0.15, -0.1) is 5.10 Å². The Kier molecular flexibility index (Phi) is 7.22. The Morgan fingerprint density at radius 1 is 1.35 bits per heavy atom. The Morgan fingerprint density at radius 2 is 2.15 bits per heavy atom. The number of rotatable bonds is 9. The Morgan fingerprint density at radius 3 is 2.88 bits per heavy atom. The number of nitrogens with one attached hydrogen (secondary N) is 3. The molecule has 0 fully saturated rings. The summed E-state index contributed by atoms with van der Waals surface area (Å²) in [7, 11) is 7.38. The molecule has 9 nitrogen and oxygen atoms in total. The van der Waals surface area contributed by atoms with Crippen molar-refractivity contribution in [2.24, 2.45) is 7.05 Å². The van der Waals surface area contributed by atoms with Crippen molar-refractivity contribution in [3.63, 3.8) is 0 Å². The maximum absolute atomic E-state index is 11.3. The van der Waals surface area contributed by atoms with Crippen molar-refractivity contribution >= 4 is 17.9 Å². The Bertz CT molecular complexity index is 715. The molecule has 0 saturated carbocycles. The molecule has 0 aliphatic carbocycles. The second-order valence-corrected chi connectivity index (χ2v) is 6.10. The van der Waals surface area contributed by atoms with Crippen molar-refractivity contribution < 1.29 is 9.53 Å². The predicted octanol–water partition coefficient (Wildman–Crippen LogP) is 1.51. The number of aromatic nitrogens is 3. The molecule has 26 heavy (non-hydrogen) atoms. The number of anilines is 2. The lowest BCUT2D eigenvalue weighted by atomic mass is 10.2. The van der Waals surface area contributed by atoms with Crippen molar-refractivity contribution in [3.05, 3.63) is 29.8 Å². The zero-order valence-corrected chi connectivity index (χ0v) is 15.7. The summed E-state index contributed by atoms with van der Waals surface area (Å²) >= 11 is 0. The van der Waals surface area contributed by atoms with Crippen LogP contribution in [0.1, 0.15) is 12.0 Å². The fourth-order valence-electron chi connectivity index (χ4n) is 2.32. The molecule has 0 atom stereocenters. The monoisotopic (exact) mass is 361 g/mol. The summed E-state index contributed by atoms with van der Waals surface area (Å²) < 4.78 is 7.38. The minimum atomic E-state index is -0.355. The molecular formula is C17H27N7O2. The van der Waals surface area contributed by atoms with E-state index in [4.69, 9.17) is 4.74 Å². The topological polar surface area (TPSA) is 96.3 Å². The van der Waals surface area contributed by atoms with Crippen LogP contribution in [0.15, 0.2) is 24.3 Å². The molecule has 0 aliphatic heterocycles. The van der Waals surface area contributed by atoms with Crippen molar-refractivity contribution in [1.29, 1.82) is 0 Å². The lowest BCUT2D eigenvalue weighted by Crippen LogP contribution is -2.25. The average Bonchev–Trinajstić information content (AvgIpc) is 2.93. The molecule has 0 unspecified atom stereocenters. The third-order valence-electron chi connectivity index (χ3n) is 3.49. The smallest absolute Gasteiger partial charge is 0.321 e. The third kappa shape index (κ3) is 6.25. The number of hydrogen-bond donors (Lipinski definition) is 3. The van der Waals surface area contributed by atoms with Gasteiger partial charge in [-0.3, -0.25) is 5.32 Å². The van der Waals surface area contributed by atoms with E-state index in [-0.39, 0.29) is 12.0 Å². The van der Waals surface area contributed by atoms with E-state index in [1.54, 1.807) is 11.7 Å². The summed E-state index contributed by atoms with van der Waals surface area (Å²) in [6.07, 6.45) is 0.809. The minimum Gasteiger partial charge on any atom is -0.494 e. The van der Waals surface area contributed by atoms with Crippen LogP contribution in [0.5, 0.6) is 5.75 Å². The highest BCUT2D eigenvalue weighted by Crippen LogP contribution is 2.14. The third-order valence-corrected chi connectivity index (χ3v) is 3.49. The van der Waals surface area contributed by atoms with E-state index in [2.05, 4.69) is 43.1 Å². The predicted molar refractivity (Wildman–Crippen MR) is 102 cm³/mol. The minimum absolute atomic E-state index is 0.253. The van der Waals surface area contributed by atoms with Gasteiger partial charge in [-0.1, -0.05) is 12.1 Å². The van der Waals surface area contributed by atoms with Crippen LogP contribution in [0.2, 0.25) is 0 Å². The molecule has 2 rings (SSSR count). The van der Waals surface area contributed by atoms with Gasteiger partial charge in [0.25, 0.3) is 5.95 Å². The highest BCUT2D eigenvalue weighted by Gasteiger charge is 2.08. The number of hydrogen-bond acceptors (Lipinski definition) is 6. The maximum atomic E-state index is 11.3. The second kappa shape index (κ2) is 9.62. The summed E-state index contributed by atoms with van der Waals surface area (Å²) in [5.74, 6) is 1.72. The summed E-state index contributed by atoms with van der Waals surface area (Å²) in [6, 6.07) is 7.77. The normalized spacial score (nSPS) is 10.7. The quantitative estimate of drug-likeness (QED) is 0.586. The Labute approximate surface area is 153 Å². The van der Waals surface area contributed by atoms with Gasteiger partial charge in [-0.05, 0) is 38.2 Å². The molecule has 1 heterocycles. The number of benzene rings is 1. The lowest BCUT2D eigenvalue weighted by molar-refractivity contribution is 0.254. The average molecular weight is 361 g/mol. The number of nitrogens with zero attached hydrogens (tertiary/aromatic N) is 4. The summed E-state index contributed by atoms with van der Waals surface area (Å²) in [6.45, 7) is 2.17. The maximum Gasteiger partial charge on any atom is 0.321 e. The molecule has 0 bridgehead atoms. The van der Waals surface area contributed by atoms with Crippen LogP contribution < -0.4 is 20.7 Å². The van der Waals surface area contributed by atoms with Crippen LogP contribution in [-0.2, 0) is 13.6 Å². The van der Waals surface area contributed by atoms with E-state index in [1.165, 1.54) is 12.6 Å². The van der Waals surface area contributed by atoms with Gasteiger partial charge in [0, 0.05) is 27.2 Å². The van der Waals surface area contributed by atoms with Crippen LogP contribution in [-0.4, -0.2) is 60.0 Å². The van der Waals surface area contributed by atoms with Crippen molar-refractivity contribution in [2.45, 2.75) is 13.0 Å². The lowest BCUT2D eigenvalue weighted by Gasteiger charge is -2.12. The van der Waals surface area contributed by atoms with E-state index in [1.807, 2.05) is 26.2 Å². The van der Waals surface area contributed by atoms with Gasteiger partial charge in [-0.2, -0.15) is 4.98 Å². The van der Waals surface area contributed by atoms with Gasteiger partial charge in [0.2, 0.25) is 5.95 Å². The first-order chi connectivity index (χ1) is 12.5. The summed E-state index contributed by atoms with van der Waals surface area (Å²) in [5, 5.41) is 12.3. The number of amides is 2. The van der Waals surface area contributed by atoms with E-state index < -0.39 is 0 Å². The van der Waals surface area contributed by atoms with Gasteiger partial charge in [0.15, 0.2) is 0 Å². The van der Waals surface area contributed by atoms with Crippen LogP contribution >= 0.6 is 0 Å². The van der Waals surface area contributed by atoms with Crippen LogP contribution in [0, 0.1) is 0 Å². The summed E-state index contributed by atoms with van der Waals surface area (Å²) in [5.41, 5.74) is 1.22. The first-order valence-electron chi connectivity index (χ1n) is 8.48. The Hall–Kier alpha value is -2.81. The number of urea groups is 1. The SMILES string of the molecule is CNC(=O)Nc1nc(NCCCOc2cccc(CN(C)C)c2)n(C)n1. The zero-order chi connectivity index (χ0) is 18.9. The molecule has 0 radical (unpaired) electrons. The second-order valence-electron chi connectivity index (χ2n) is 6.10. The molecule has 142 valence electrons. The molecule has 0 saturated heterocycles. The first-order valence-corrected chi connectivity index (χ1v) is 8.48. The van der Waals surface area contributed by atoms with Crippen LogP contribution in [0.25, 0.3) is 0 Å². The molecular weight excluding hydrogens is 334 g/mol. The number of carbonyl (C=O) groups excluding carboxylic acids is 1. The van der Waals surface area contributed by atoms with E-state index in [0.29, 0.717) is 19.1 Å². The molecule has 9 heteroatoms. The highest BCUT2D eigenvalue weighted by molar-refractivity contribution is 5.87. The van der Waals surface area contributed by atoms with Gasteiger partial charge >= 0.3 is 6.03 Å². The van der Waals surface area contributed by atoms with Crippen molar-refractivity contribution in [1.82, 2.24) is 25.0 Å². The van der Waals surface area contributed by atoms with E-state index >= 15 is 0 Å². The molecule has 1 aromatic carbocycles. The van der Waals surface area contributed by atoms with E-state index in [0.717, 1.165) is 18.7 Å². The van der Waals surface area contributed by atoms with Crippen LogP contribution in [0.4, 0.5) is 16.7 Å². The molecule has 2 amide bonds. The zero-order valence-electron chi connectivity index (χ0n) is 15.7. The Balaban J connectivity index is 1.73. The van der Waals surface area contributed by atoms with Gasteiger partial charge in [0.1, 0.15) is 5.75 Å².